The summed E-state index contributed by atoms with van der Waals surface area (Å²) in [5.74, 6) is -1.71. The predicted molar refractivity (Wildman–Crippen MR) is 81.6 cm³/mol. The summed E-state index contributed by atoms with van der Waals surface area (Å²) >= 11 is 2.15. The number of hydrogen-bond donors (Lipinski definition) is 1. The topological polar surface area (TPSA) is 66.8 Å². The van der Waals surface area contributed by atoms with Crippen LogP contribution >= 0.6 is 22.6 Å². The summed E-state index contributed by atoms with van der Waals surface area (Å²) in [7, 11) is 0. The quantitative estimate of drug-likeness (QED) is 0.799. The van der Waals surface area contributed by atoms with Crippen molar-refractivity contribution < 1.29 is 19.4 Å². The number of ether oxygens (including phenoxy) is 1. The van der Waals surface area contributed by atoms with Crippen LogP contribution in [0, 0.1) is 9.49 Å². The summed E-state index contributed by atoms with van der Waals surface area (Å²) < 4.78 is 6.22. The van der Waals surface area contributed by atoms with Gasteiger partial charge in [-0.3, -0.25) is 9.59 Å². The van der Waals surface area contributed by atoms with Gasteiger partial charge in [-0.05, 0) is 47.7 Å². The highest BCUT2D eigenvalue weighted by Gasteiger charge is 2.39. The number of carbonyl (C=O) groups excluding carboxylic acids is 1. The first-order chi connectivity index (χ1) is 9.54. The summed E-state index contributed by atoms with van der Waals surface area (Å²) in [6.45, 7) is 2.75. The van der Waals surface area contributed by atoms with E-state index >= 15 is 0 Å². The lowest BCUT2D eigenvalue weighted by atomic mass is 10.0. The number of hydrogen-bond acceptors (Lipinski definition) is 3. The van der Waals surface area contributed by atoms with Crippen molar-refractivity contribution in [1.29, 1.82) is 0 Å². The highest BCUT2D eigenvalue weighted by Crippen LogP contribution is 2.22. The van der Waals surface area contributed by atoms with Crippen LogP contribution in [0.15, 0.2) is 24.3 Å². The number of carboxylic acids is 1. The monoisotopic (exact) mass is 389 g/mol. The minimum atomic E-state index is -0.915. The molecule has 0 saturated carbocycles. The molecule has 2 atom stereocenters. The molecule has 20 heavy (non-hydrogen) atoms. The molecule has 0 bridgehead atoms. The van der Waals surface area contributed by atoms with Gasteiger partial charge in [0.15, 0.2) is 0 Å². The number of amides is 1. The molecular weight excluding hydrogens is 373 g/mol. The van der Waals surface area contributed by atoms with Gasteiger partial charge < -0.3 is 14.7 Å². The van der Waals surface area contributed by atoms with Gasteiger partial charge in [-0.25, -0.2) is 0 Å². The Morgan fingerprint density at radius 3 is 2.80 bits per heavy atom. The van der Waals surface area contributed by atoms with Gasteiger partial charge >= 0.3 is 5.97 Å². The van der Waals surface area contributed by atoms with Crippen molar-refractivity contribution in [3.05, 3.63) is 33.4 Å². The van der Waals surface area contributed by atoms with E-state index in [1.165, 1.54) is 0 Å². The molecule has 0 aromatic heterocycles. The maximum absolute atomic E-state index is 12.6. The van der Waals surface area contributed by atoms with E-state index in [1.807, 2.05) is 19.1 Å². The first kappa shape index (κ1) is 15.2. The zero-order chi connectivity index (χ0) is 14.7. The molecule has 0 spiro atoms. The van der Waals surface area contributed by atoms with Crippen molar-refractivity contribution in [3.63, 3.8) is 0 Å². The van der Waals surface area contributed by atoms with Gasteiger partial charge in [-0.1, -0.05) is 6.07 Å². The van der Waals surface area contributed by atoms with Crippen molar-refractivity contribution in [3.8, 4) is 0 Å². The van der Waals surface area contributed by atoms with Crippen LogP contribution in [0.2, 0.25) is 0 Å². The lowest BCUT2D eigenvalue weighted by Gasteiger charge is -2.29. The van der Waals surface area contributed by atoms with Crippen molar-refractivity contribution in [2.24, 2.45) is 5.92 Å². The standard InChI is InChI=1S/C14H16INO4/c1-2-16(12-8-20-7-11(12)14(18)19)13(17)9-4-3-5-10(15)6-9/h3-6,11-12H,2,7-8H2,1H3,(H,18,19). The third kappa shape index (κ3) is 3.12. The summed E-state index contributed by atoms with van der Waals surface area (Å²) in [6.07, 6.45) is 0. The first-order valence-electron chi connectivity index (χ1n) is 6.41. The molecule has 0 aliphatic carbocycles. The summed E-state index contributed by atoms with van der Waals surface area (Å²) in [6, 6.07) is 6.88. The zero-order valence-corrected chi connectivity index (χ0v) is 13.2. The van der Waals surface area contributed by atoms with Crippen molar-refractivity contribution in [1.82, 2.24) is 4.90 Å². The average Bonchev–Trinajstić information content (AvgIpc) is 2.89. The zero-order valence-electron chi connectivity index (χ0n) is 11.1. The fraction of sp³-hybridized carbons (Fsp3) is 0.429. The molecule has 1 aliphatic rings. The SMILES string of the molecule is CCN(C(=O)c1cccc(I)c1)C1COCC1C(=O)O. The number of nitrogens with zero attached hydrogens (tertiary/aromatic N) is 1. The van der Waals surface area contributed by atoms with Crippen molar-refractivity contribution >= 4 is 34.5 Å². The molecule has 108 valence electrons. The van der Waals surface area contributed by atoms with Crippen molar-refractivity contribution in [2.45, 2.75) is 13.0 Å². The van der Waals surface area contributed by atoms with Gasteiger partial charge in [0, 0.05) is 15.7 Å². The lowest BCUT2D eigenvalue weighted by Crippen LogP contribution is -2.46. The van der Waals surface area contributed by atoms with E-state index in [2.05, 4.69) is 22.6 Å². The van der Waals surface area contributed by atoms with Crippen LogP contribution in [0.1, 0.15) is 17.3 Å². The Balaban J connectivity index is 2.23. The molecule has 1 N–H and O–H groups in total. The van der Waals surface area contributed by atoms with Gasteiger partial charge in [0.05, 0.1) is 19.3 Å². The number of halogens is 1. The van der Waals surface area contributed by atoms with Crippen LogP contribution in [0.25, 0.3) is 0 Å². The molecule has 2 unspecified atom stereocenters. The van der Waals surface area contributed by atoms with E-state index in [9.17, 15) is 14.7 Å². The Bertz CT molecular complexity index is 520. The van der Waals surface area contributed by atoms with Gasteiger partial charge in [0.1, 0.15) is 5.92 Å². The largest absolute Gasteiger partial charge is 0.481 e. The maximum Gasteiger partial charge on any atom is 0.311 e. The molecule has 2 rings (SSSR count). The molecular formula is C14H16INO4. The number of likely N-dealkylation sites (N-methyl/N-ethyl adjacent to an activating group) is 1. The number of aliphatic carboxylic acids is 1. The van der Waals surface area contributed by atoms with E-state index in [0.717, 1.165) is 3.57 Å². The Labute approximate surface area is 131 Å². The van der Waals surface area contributed by atoms with Crippen LogP contribution in [0.3, 0.4) is 0 Å². The Morgan fingerprint density at radius 2 is 2.20 bits per heavy atom. The molecule has 1 aliphatic heterocycles. The van der Waals surface area contributed by atoms with Gasteiger partial charge in [-0.15, -0.1) is 0 Å². The second-order valence-electron chi connectivity index (χ2n) is 4.65. The van der Waals surface area contributed by atoms with Crippen LogP contribution in [-0.4, -0.2) is 47.7 Å². The van der Waals surface area contributed by atoms with E-state index < -0.39 is 17.9 Å². The number of rotatable bonds is 4. The second kappa shape index (κ2) is 6.53. The minimum Gasteiger partial charge on any atom is -0.481 e. The highest BCUT2D eigenvalue weighted by atomic mass is 127. The fourth-order valence-electron chi connectivity index (χ4n) is 2.40. The Kier molecular flexibility index (Phi) is 4.98. The van der Waals surface area contributed by atoms with Gasteiger partial charge in [-0.2, -0.15) is 0 Å². The third-order valence-electron chi connectivity index (χ3n) is 3.44. The van der Waals surface area contributed by atoms with Crippen LogP contribution in [0.4, 0.5) is 0 Å². The molecule has 0 radical (unpaired) electrons. The predicted octanol–water partition coefficient (Wildman–Crippen LogP) is 1.85. The smallest absolute Gasteiger partial charge is 0.311 e. The summed E-state index contributed by atoms with van der Waals surface area (Å²) in [5.41, 5.74) is 0.579. The van der Waals surface area contributed by atoms with Gasteiger partial charge in [0.25, 0.3) is 5.91 Å². The number of carboxylic acid groups (broad SMARTS) is 1. The van der Waals surface area contributed by atoms with Crippen LogP contribution in [-0.2, 0) is 9.53 Å². The van der Waals surface area contributed by atoms with Crippen LogP contribution < -0.4 is 0 Å². The lowest BCUT2D eigenvalue weighted by molar-refractivity contribution is -0.142. The second-order valence-corrected chi connectivity index (χ2v) is 5.90. The first-order valence-corrected chi connectivity index (χ1v) is 7.49. The Hall–Kier alpha value is -1.15. The molecule has 1 heterocycles. The average molecular weight is 389 g/mol. The molecule has 6 heteroatoms. The van der Waals surface area contributed by atoms with E-state index in [4.69, 9.17) is 4.74 Å². The number of carbonyl (C=O) groups is 2. The third-order valence-corrected chi connectivity index (χ3v) is 4.11. The Morgan fingerprint density at radius 1 is 1.45 bits per heavy atom. The molecule has 1 saturated heterocycles. The minimum absolute atomic E-state index is 0.146. The molecule has 1 aromatic carbocycles. The van der Waals surface area contributed by atoms with Crippen molar-refractivity contribution in [2.75, 3.05) is 19.8 Å². The normalized spacial score (nSPS) is 21.7. The molecule has 1 fully saturated rings. The van der Waals surface area contributed by atoms with E-state index in [1.54, 1.807) is 17.0 Å². The summed E-state index contributed by atoms with van der Waals surface area (Å²) in [4.78, 5) is 25.4. The highest BCUT2D eigenvalue weighted by molar-refractivity contribution is 14.1. The molecule has 5 nitrogen and oxygen atoms in total. The maximum atomic E-state index is 12.6. The van der Waals surface area contributed by atoms with E-state index in [0.29, 0.717) is 12.1 Å². The fourth-order valence-corrected chi connectivity index (χ4v) is 2.95. The van der Waals surface area contributed by atoms with Gasteiger partial charge in [0.2, 0.25) is 0 Å². The van der Waals surface area contributed by atoms with E-state index in [-0.39, 0.29) is 19.1 Å². The number of benzene rings is 1. The summed E-state index contributed by atoms with van der Waals surface area (Å²) in [5, 5.41) is 9.21. The van der Waals surface area contributed by atoms with Crippen LogP contribution in [0.5, 0.6) is 0 Å². The molecule has 1 amide bonds. The molecule has 1 aromatic rings.